The molecule has 0 fully saturated rings. The van der Waals surface area contributed by atoms with E-state index in [1.54, 1.807) is 24.3 Å². The molecule has 0 aliphatic heterocycles. The predicted molar refractivity (Wildman–Crippen MR) is 80.6 cm³/mol. The number of esters is 1. The van der Waals surface area contributed by atoms with Crippen LogP contribution in [0.1, 0.15) is 21.0 Å². The number of carbonyl (C=O) groups is 2. The average molecular weight is 312 g/mol. The number of fused-ring (bicyclic) bond motifs is 1. The molecule has 23 heavy (non-hydrogen) atoms. The summed E-state index contributed by atoms with van der Waals surface area (Å²) in [5.41, 5.74) is 0.694. The molecule has 3 aromatic rings. The third-order valence-corrected chi connectivity index (χ3v) is 3.36. The van der Waals surface area contributed by atoms with Crippen LogP contribution < -0.4 is 0 Å². The third kappa shape index (κ3) is 2.38. The molecule has 0 bridgehead atoms. The zero-order valence-corrected chi connectivity index (χ0v) is 12.1. The Morgan fingerprint density at radius 1 is 1.17 bits per heavy atom. The zero-order chi connectivity index (χ0) is 16.6. The minimum absolute atomic E-state index is 0.00618. The first-order valence-corrected chi connectivity index (χ1v) is 6.65. The van der Waals surface area contributed by atoms with Gasteiger partial charge in [0.25, 0.3) is 0 Å². The zero-order valence-electron chi connectivity index (χ0n) is 12.1. The number of benzene rings is 1. The van der Waals surface area contributed by atoms with Gasteiger partial charge in [0.2, 0.25) is 0 Å². The molecule has 3 rings (SSSR count). The van der Waals surface area contributed by atoms with Crippen LogP contribution in [0.2, 0.25) is 0 Å². The monoisotopic (exact) mass is 312 g/mol. The number of carboxylic acid groups (broad SMARTS) is 1. The van der Waals surface area contributed by atoms with Gasteiger partial charge in [-0.15, -0.1) is 0 Å². The van der Waals surface area contributed by atoms with Gasteiger partial charge in [0.15, 0.2) is 5.69 Å². The van der Waals surface area contributed by atoms with Crippen molar-refractivity contribution in [2.45, 2.75) is 0 Å². The van der Waals surface area contributed by atoms with Crippen LogP contribution in [0.15, 0.2) is 42.5 Å². The summed E-state index contributed by atoms with van der Waals surface area (Å²) in [4.78, 5) is 27.5. The Morgan fingerprint density at radius 3 is 2.57 bits per heavy atom. The molecule has 0 radical (unpaired) electrons. The van der Waals surface area contributed by atoms with Crippen molar-refractivity contribution in [2.75, 3.05) is 7.11 Å². The molecule has 7 heteroatoms. The lowest BCUT2D eigenvalue weighted by molar-refractivity contribution is 0.0591. The Morgan fingerprint density at radius 2 is 1.91 bits per heavy atom. The Kier molecular flexibility index (Phi) is 3.46. The SMILES string of the molecule is COC(=O)c1cccc2c(C(=O)O)nc(-c3cccc(O)c3)n12. The quantitative estimate of drug-likeness (QED) is 0.719. The van der Waals surface area contributed by atoms with Crippen LogP contribution in [0, 0.1) is 0 Å². The van der Waals surface area contributed by atoms with Crippen LogP contribution in [0.4, 0.5) is 0 Å². The van der Waals surface area contributed by atoms with E-state index >= 15 is 0 Å². The van der Waals surface area contributed by atoms with E-state index in [1.807, 2.05) is 0 Å². The number of imidazole rings is 1. The Bertz CT molecular complexity index is 929. The molecule has 0 unspecified atom stereocenters. The van der Waals surface area contributed by atoms with Gasteiger partial charge >= 0.3 is 11.9 Å². The molecule has 0 amide bonds. The molecule has 2 N–H and O–H groups in total. The number of aromatic carboxylic acids is 1. The maximum Gasteiger partial charge on any atom is 0.356 e. The fourth-order valence-corrected chi connectivity index (χ4v) is 2.40. The highest BCUT2D eigenvalue weighted by Gasteiger charge is 2.22. The number of hydrogen-bond donors (Lipinski definition) is 2. The molecule has 2 aromatic heterocycles. The number of hydrogen-bond acceptors (Lipinski definition) is 5. The standard InChI is InChI=1S/C16H12N2O5/c1-23-16(22)12-7-3-6-11-13(15(20)21)17-14(18(11)12)9-4-2-5-10(19)8-9/h2-8,19H,1H3,(H,20,21). The number of phenolic OH excluding ortho intramolecular Hbond substituents is 1. The maximum atomic E-state index is 12.0. The fourth-order valence-electron chi connectivity index (χ4n) is 2.40. The van der Waals surface area contributed by atoms with E-state index in [4.69, 9.17) is 4.74 Å². The number of methoxy groups -OCH3 is 1. The summed E-state index contributed by atoms with van der Waals surface area (Å²) >= 11 is 0. The second-order valence-corrected chi connectivity index (χ2v) is 4.76. The number of ether oxygens (including phenoxy) is 1. The van der Waals surface area contributed by atoms with E-state index in [0.29, 0.717) is 5.56 Å². The van der Waals surface area contributed by atoms with Crippen LogP contribution in [0.3, 0.4) is 0 Å². The molecule has 1 aromatic carbocycles. The summed E-state index contributed by atoms with van der Waals surface area (Å²) in [6.45, 7) is 0. The number of rotatable bonds is 3. The summed E-state index contributed by atoms with van der Waals surface area (Å²) in [5, 5.41) is 19.0. The van der Waals surface area contributed by atoms with Crippen LogP contribution in [-0.2, 0) is 4.74 Å². The minimum Gasteiger partial charge on any atom is -0.508 e. The first-order valence-electron chi connectivity index (χ1n) is 6.65. The summed E-state index contributed by atoms with van der Waals surface area (Å²) < 4.78 is 6.15. The number of pyridine rings is 1. The molecule has 0 aliphatic carbocycles. The van der Waals surface area contributed by atoms with Crippen molar-refractivity contribution in [3.63, 3.8) is 0 Å². The van der Waals surface area contributed by atoms with Crippen LogP contribution in [-0.4, -0.2) is 38.6 Å². The molecule has 0 aliphatic rings. The van der Waals surface area contributed by atoms with E-state index in [1.165, 1.54) is 29.7 Å². The van der Waals surface area contributed by atoms with Gasteiger partial charge < -0.3 is 14.9 Å². The number of nitrogens with zero attached hydrogens (tertiary/aromatic N) is 2. The second-order valence-electron chi connectivity index (χ2n) is 4.76. The minimum atomic E-state index is -1.21. The van der Waals surface area contributed by atoms with Crippen molar-refractivity contribution < 1.29 is 24.5 Å². The van der Waals surface area contributed by atoms with Crippen molar-refractivity contribution in [1.82, 2.24) is 9.38 Å². The lowest BCUT2D eigenvalue weighted by Gasteiger charge is -2.07. The molecule has 0 saturated carbocycles. The Hall–Kier alpha value is -3.35. The van der Waals surface area contributed by atoms with Gasteiger partial charge in [-0.25, -0.2) is 14.6 Å². The highest BCUT2D eigenvalue weighted by Crippen LogP contribution is 2.27. The molecular formula is C16H12N2O5. The highest BCUT2D eigenvalue weighted by atomic mass is 16.5. The van der Waals surface area contributed by atoms with Gasteiger partial charge in [-0.2, -0.15) is 0 Å². The van der Waals surface area contributed by atoms with Crippen molar-refractivity contribution in [1.29, 1.82) is 0 Å². The maximum absolute atomic E-state index is 12.0. The Balaban J connectivity index is 2.41. The van der Waals surface area contributed by atoms with Gasteiger partial charge in [0.05, 0.1) is 12.6 Å². The Labute approximate surface area is 130 Å². The van der Waals surface area contributed by atoms with Crippen LogP contribution >= 0.6 is 0 Å². The number of carboxylic acids is 1. The number of phenols is 1. The van der Waals surface area contributed by atoms with Crippen molar-refractivity contribution in [3.8, 4) is 17.1 Å². The van der Waals surface area contributed by atoms with Crippen molar-refractivity contribution in [3.05, 3.63) is 53.9 Å². The number of aromatic nitrogens is 2. The number of carbonyl (C=O) groups excluding carboxylic acids is 1. The molecule has 116 valence electrons. The summed E-state index contributed by atoms with van der Waals surface area (Å²) in [5.74, 6) is -1.59. The van der Waals surface area contributed by atoms with Gasteiger partial charge in [-0.1, -0.05) is 18.2 Å². The van der Waals surface area contributed by atoms with E-state index in [-0.39, 0.29) is 28.5 Å². The number of aromatic hydroxyl groups is 1. The van der Waals surface area contributed by atoms with Gasteiger partial charge in [-0.3, -0.25) is 4.40 Å². The third-order valence-electron chi connectivity index (χ3n) is 3.36. The molecule has 0 saturated heterocycles. The van der Waals surface area contributed by atoms with E-state index in [9.17, 15) is 19.8 Å². The summed E-state index contributed by atoms with van der Waals surface area (Å²) in [7, 11) is 1.24. The van der Waals surface area contributed by atoms with E-state index < -0.39 is 11.9 Å². The molecular weight excluding hydrogens is 300 g/mol. The van der Waals surface area contributed by atoms with Crippen LogP contribution in [0.5, 0.6) is 5.75 Å². The largest absolute Gasteiger partial charge is 0.508 e. The summed E-state index contributed by atoms with van der Waals surface area (Å²) in [6, 6.07) is 10.8. The predicted octanol–water partition coefficient (Wildman–Crippen LogP) is 2.19. The lowest BCUT2D eigenvalue weighted by atomic mass is 10.2. The van der Waals surface area contributed by atoms with Crippen molar-refractivity contribution in [2.24, 2.45) is 0 Å². The normalized spacial score (nSPS) is 10.7. The lowest BCUT2D eigenvalue weighted by Crippen LogP contribution is -2.09. The molecule has 0 spiro atoms. The second kappa shape index (κ2) is 5.45. The topological polar surface area (TPSA) is 101 Å². The molecule has 7 nitrogen and oxygen atoms in total. The fraction of sp³-hybridized carbons (Fsp3) is 0.0625. The van der Waals surface area contributed by atoms with Gasteiger partial charge in [-0.05, 0) is 24.3 Å². The summed E-state index contributed by atoms with van der Waals surface area (Å²) in [6.07, 6.45) is 0. The first-order chi connectivity index (χ1) is 11.0. The highest BCUT2D eigenvalue weighted by molar-refractivity contribution is 5.97. The van der Waals surface area contributed by atoms with Gasteiger partial charge in [0.1, 0.15) is 17.3 Å². The molecule has 2 heterocycles. The van der Waals surface area contributed by atoms with Gasteiger partial charge in [0, 0.05) is 5.56 Å². The van der Waals surface area contributed by atoms with Crippen molar-refractivity contribution >= 4 is 17.5 Å². The smallest absolute Gasteiger partial charge is 0.356 e. The molecule has 0 atom stereocenters. The van der Waals surface area contributed by atoms with Crippen LogP contribution in [0.25, 0.3) is 16.9 Å². The van der Waals surface area contributed by atoms with E-state index in [2.05, 4.69) is 4.98 Å². The average Bonchev–Trinajstić information content (AvgIpc) is 2.94. The first kappa shape index (κ1) is 14.6. The van der Waals surface area contributed by atoms with E-state index in [0.717, 1.165) is 0 Å².